The Hall–Kier alpha value is -1.09. The second kappa shape index (κ2) is 4.06. The molecule has 16 heavy (non-hydrogen) atoms. The summed E-state index contributed by atoms with van der Waals surface area (Å²) in [6.07, 6.45) is 2.38. The normalized spacial score (nSPS) is 20.2. The summed E-state index contributed by atoms with van der Waals surface area (Å²) >= 11 is 0. The first-order chi connectivity index (χ1) is 7.49. The molecule has 0 amide bonds. The maximum atomic E-state index is 13.6. The Morgan fingerprint density at radius 1 is 1.44 bits per heavy atom. The first kappa shape index (κ1) is 11.4. The molecule has 3 heteroatoms. The van der Waals surface area contributed by atoms with Gasteiger partial charge in [0.1, 0.15) is 5.82 Å². The van der Waals surface area contributed by atoms with E-state index in [1.54, 1.807) is 12.1 Å². The third-order valence-corrected chi connectivity index (χ3v) is 3.51. The van der Waals surface area contributed by atoms with E-state index in [0.29, 0.717) is 12.2 Å². The third kappa shape index (κ3) is 2.19. The molecule has 88 valence electrons. The average molecular weight is 222 g/mol. The zero-order chi connectivity index (χ0) is 11.8. The summed E-state index contributed by atoms with van der Waals surface area (Å²) in [6.45, 7) is 6.17. The Morgan fingerprint density at radius 3 is 2.75 bits per heavy atom. The molecule has 1 aromatic carbocycles. The van der Waals surface area contributed by atoms with E-state index < -0.39 is 0 Å². The van der Waals surface area contributed by atoms with Gasteiger partial charge in [0, 0.05) is 23.3 Å². The number of hydrogen-bond donors (Lipinski definition) is 1. The van der Waals surface area contributed by atoms with Crippen LogP contribution in [0, 0.1) is 5.82 Å². The smallest absolute Gasteiger partial charge is 0.129 e. The van der Waals surface area contributed by atoms with E-state index in [1.807, 2.05) is 0 Å². The molecule has 0 atom stereocenters. The molecule has 0 bridgehead atoms. The fraction of sp³-hybridized carbons (Fsp3) is 0.538. The lowest BCUT2D eigenvalue weighted by atomic mass is 10.0. The Kier molecular flexibility index (Phi) is 2.89. The molecule has 2 N–H and O–H groups in total. The van der Waals surface area contributed by atoms with Crippen LogP contribution in [-0.2, 0) is 6.54 Å². The maximum Gasteiger partial charge on any atom is 0.129 e. The van der Waals surface area contributed by atoms with Crippen molar-refractivity contribution < 1.29 is 4.39 Å². The highest BCUT2D eigenvalue weighted by Gasteiger charge is 2.31. The Morgan fingerprint density at radius 2 is 2.19 bits per heavy atom. The van der Waals surface area contributed by atoms with E-state index in [-0.39, 0.29) is 11.4 Å². The van der Waals surface area contributed by atoms with E-state index >= 15 is 0 Å². The van der Waals surface area contributed by atoms with Crippen LogP contribution >= 0.6 is 0 Å². The second-order valence-electron chi connectivity index (χ2n) is 5.19. The van der Waals surface area contributed by atoms with Crippen molar-refractivity contribution >= 4 is 5.69 Å². The summed E-state index contributed by atoms with van der Waals surface area (Å²) < 4.78 is 13.6. The number of likely N-dealkylation sites (tertiary alicyclic amines) is 1. The predicted octanol–water partition coefficient (Wildman–Crippen LogP) is 2.78. The fourth-order valence-electron chi connectivity index (χ4n) is 2.35. The molecular formula is C13H19FN2. The molecule has 1 fully saturated rings. The molecule has 0 aliphatic carbocycles. The van der Waals surface area contributed by atoms with Crippen LogP contribution < -0.4 is 5.73 Å². The van der Waals surface area contributed by atoms with Crippen molar-refractivity contribution in [2.24, 2.45) is 0 Å². The van der Waals surface area contributed by atoms with Crippen LogP contribution in [0.2, 0.25) is 0 Å². The summed E-state index contributed by atoms with van der Waals surface area (Å²) in [5.41, 5.74) is 6.95. The average Bonchev–Trinajstić information content (AvgIpc) is 2.50. The highest BCUT2D eigenvalue weighted by atomic mass is 19.1. The van der Waals surface area contributed by atoms with E-state index in [4.69, 9.17) is 5.73 Å². The summed E-state index contributed by atoms with van der Waals surface area (Å²) in [7, 11) is 0. The SMILES string of the molecule is CC1(C)CCCN1Cc1ccc(N)cc1F. The number of nitrogen functional groups attached to an aromatic ring is 1. The van der Waals surface area contributed by atoms with Gasteiger partial charge in [-0.05, 0) is 45.4 Å². The van der Waals surface area contributed by atoms with E-state index in [0.717, 1.165) is 12.1 Å². The number of rotatable bonds is 2. The number of halogens is 1. The van der Waals surface area contributed by atoms with Crippen molar-refractivity contribution in [3.8, 4) is 0 Å². The monoisotopic (exact) mass is 222 g/mol. The van der Waals surface area contributed by atoms with Crippen LogP contribution in [0.3, 0.4) is 0 Å². The van der Waals surface area contributed by atoms with Crippen molar-refractivity contribution in [2.75, 3.05) is 12.3 Å². The minimum Gasteiger partial charge on any atom is -0.399 e. The van der Waals surface area contributed by atoms with Gasteiger partial charge in [0.25, 0.3) is 0 Å². The molecule has 0 aromatic heterocycles. The zero-order valence-electron chi connectivity index (χ0n) is 9.96. The molecule has 1 heterocycles. The quantitative estimate of drug-likeness (QED) is 0.780. The van der Waals surface area contributed by atoms with Gasteiger partial charge in [-0.3, -0.25) is 4.90 Å². The standard InChI is InChI=1S/C13H19FN2/c1-13(2)6-3-7-16(13)9-10-4-5-11(15)8-12(10)14/h4-5,8H,3,6-7,9,15H2,1-2H3. The minimum absolute atomic E-state index is 0.188. The molecule has 0 spiro atoms. The Bertz CT molecular complexity index is 388. The van der Waals surface area contributed by atoms with E-state index in [9.17, 15) is 4.39 Å². The van der Waals surface area contributed by atoms with Gasteiger partial charge in [0.15, 0.2) is 0 Å². The predicted molar refractivity (Wildman–Crippen MR) is 64.5 cm³/mol. The largest absolute Gasteiger partial charge is 0.399 e. The first-order valence-electron chi connectivity index (χ1n) is 5.78. The van der Waals surface area contributed by atoms with Gasteiger partial charge in [-0.2, -0.15) is 0 Å². The molecule has 1 aliphatic rings. The third-order valence-electron chi connectivity index (χ3n) is 3.51. The number of hydrogen-bond acceptors (Lipinski definition) is 2. The summed E-state index contributed by atoms with van der Waals surface area (Å²) in [4.78, 5) is 2.33. The van der Waals surface area contributed by atoms with Gasteiger partial charge in [-0.15, -0.1) is 0 Å². The Labute approximate surface area is 96.2 Å². The van der Waals surface area contributed by atoms with Crippen molar-refractivity contribution in [3.05, 3.63) is 29.6 Å². The summed E-state index contributed by atoms with van der Waals surface area (Å²) in [6, 6.07) is 4.96. The molecule has 0 radical (unpaired) electrons. The molecular weight excluding hydrogens is 203 g/mol. The van der Waals surface area contributed by atoms with Gasteiger partial charge in [-0.1, -0.05) is 6.07 Å². The van der Waals surface area contributed by atoms with Gasteiger partial charge in [0.05, 0.1) is 0 Å². The van der Waals surface area contributed by atoms with Crippen LogP contribution in [0.4, 0.5) is 10.1 Å². The maximum absolute atomic E-state index is 13.6. The molecule has 1 aliphatic heterocycles. The number of anilines is 1. The summed E-state index contributed by atoms with van der Waals surface area (Å²) in [5.74, 6) is -0.192. The lowest BCUT2D eigenvalue weighted by molar-refractivity contribution is 0.164. The summed E-state index contributed by atoms with van der Waals surface area (Å²) in [5, 5.41) is 0. The van der Waals surface area contributed by atoms with E-state index in [2.05, 4.69) is 18.7 Å². The molecule has 2 rings (SSSR count). The van der Waals surface area contributed by atoms with Crippen molar-refractivity contribution in [3.63, 3.8) is 0 Å². The number of nitrogens with two attached hydrogens (primary N) is 1. The topological polar surface area (TPSA) is 29.3 Å². The molecule has 2 nitrogen and oxygen atoms in total. The molecule has 0 saturated carbocycles. The van der Waals surface area contributed by atoms with Crippen LogP contribution in [0.1, 0.15) is 32.3 Å². The van der Waals surface area contributed by atoms with Gasteiger partial charge < -0.3 is 5.73 Å². The number of nitrogens with zero attached hydrogens (tertiary/aromatic N) is 1. The van der Waals surface area contributed by atoms with Gasteiger partial charge >= 0.3 is 0 Å². The Balaban J connectivity index is 2.15. The second-order valence-corrected chi connectivity index (χ2v) is 5.19. The molecule has 1 aromatic rings. The van der Waals surface area contributed by atoms with Crippen molar-refractivity contribution in [1.82, 2.24) is 4.90 Å². The van der Waals surface area contributed by atoms with E-state index in [1.165, 1.54) is 18.9 Å². The highest BCUT2D eigenvalue weighted by molar-refractivity contribution is 5.40. The fourth-order valence-corrected chi connectivity index (χ4v) is 2.35. The van der Waals surface area contributed by atoms with Crippen molar-refractivity contribution in [1.29, 1.82) is 0 Å². The molecule has 0 unspecified atom stereocenters. The number of benzene rings is 1. The van der Waals surface area contributed by atoms with Crippen LogP contribution in [0.25, 0.3) is 0 Å². The van der Waals surface area contributed by atoms with Crippen molar-refractivity contribution in [2.45, 2.75) is 38.8 Å². The van der Waals surface area contributed by atoms with Gasteiger partial charge in [0.2, 0.25) is 0 Å². The van der Waals surface area contributed by atoms with Gasteiger partial charge in [-0.25, -0.2) is 4.39 Å². The minimum atomic E-state index is -0.192. The first-order valence-corrected chi connectivity index (χ1v) is 5.78. The lowest BCUT2D eigenvalue weighted by Gasteiger charge is -2.31. The zero-order valence-corrected chi connectivity index (χ0v) is 9.96. The molecule has 1 saturated heterocycles. The lowest BCUT2D eigenvalue weighted by Crippen LogP contribution is -2.37. The van der Waals surface area contributed by atoms with Crippen LogP contribution in [-0.4, -0.2) is 17.0 Å². The van der Waals surface area contributed by atoms with Crippen LogP contribution in [0.5, 0.6) is 0 Å². The van der Waals surface area contributed by atoms with Crippen LogP contribution in [0.15, 0.2) is 18.2 Å². The highest BCUT2D eigenvalue weighted by Crippen LogP contribution is 2.30.